The van der Waals surface area contributed by atoms with E-state index in [2.05, 4.69) is 34.6 Å². The topological polar surface area (TPSA) is 63.5 Å². The first-order chi connectivity index (χ1) is 9.81. The van der Waals surface area contributed by atoms with E-state index in [0.29, 0.717) is 0 Å². The highest BCUT2D eigenvalue weighted by molar-refractivity contribution is 5.81. The van der Waals surface area contributed by atoms with Crippen LogP contribution in [0.3, 0.4) is 0 Å². The molecule has 2 aromatic rings. The van der Waals surface area contributed by atoms with Crippen molar-refractivity contribution in [2.45, 2.75) is 25.4 Å². The summed E-state index contributed by atoms with van der Waals surface area (Å²) in [5.74, 6) is 1.76. The number of amidine groups is 1. The molecule has 0 radical (unpaired) electrons. The van der Waals surface area contributed by atoms with Gasteiger partial charge in [0, 0.05) is 19.4 Å². The highest BCUT2D eigenvalue weighted by Gasteiger charge is 2.14. The van der Waals surface area contributed by atoms with Crippen molar-refractivity contribution in [3.8, 4) is 0 Å². The molecule has 2 heterocycles. The minimum Gasteiger partial charge on any atom is -0.469 e. The maximum Gasteiger partial charge on any atom is 0.127 e. The number of nitrogens with two attached hydrogens (primary N) is 1. The fraction of sp³-hybridized carbons (Fsp3) is 0.312. The van der Waals surface area contributed by atoms with Crippen LogP contribution in [0.1, 0.15) is 29.5 Å². The van der Waals surface area contributed by atoms with Gasteiger partial charge in [0.25, 0.3) is 0 Å². The molecule has 3 rings (SSSR count). The zero-order chi connectivity index (χ0) is 13.8. The van der Waals surface area contributed by atoms with E-state index in [9.17, 15) is 0 Å². The van der Waals surface area contributed by atoms with Crippen molar-refractivity contribution in [1.82, 2.24) is 5.32 Å². The van der Waals surface area contributed by atoms with Gasteiger partial charge in [-0.25, -0.2) is 4.99 Å². The lowest BCUT2D eigenvalue weighted by Crippen LogP contribution is -2.32. The van der Waals surface area contributed by atoms with Crippen LogP contribution in [0.5, 0.6) is 0 Å². The number of rotatable bonds is 4. The van der Waals surface area contributed by atoms with Gasteiger partial charge in [0.2, 0.25) is 0 Å². The molecular formula is C16H19N3O. The minimum absolute atomic E-state index is 0.00266. The van der Waals surface area contributed by atoms with Gasteiger partial charge in [-0.05, 0) is 29.7 Å². The molecule has 1 unspecified atom stereocenters. The van der Waals surface area contributed by atoms with Crippen LogP contribution in [0.4, 0.5) is 0 Å². The van der Waals surface area contributed by atoms with E-state index in [4.69, 9.17) is 10.2 Å². The maximum atomic E-state index is 5.79. The van der Waals surface area contributed by atoms with Crippen LogP contribution >= 0.6 is 0 Å². The van der Waals surface area contributed by atoms with Crippen molar-refractivity contribution >= 4 is 5.84 Å². The predicted octanol–water partition coefficient (Wildman–Crippen LogP) is 2.41. The van der Waals surface area contributed by atoms with Crippen LogP contribution in [0.15, 0.2) is 52.1 Å². The second-order valence-electron chi connectivity index (χ2n) is 5.05. The van der Waals surface area contributed by atoms with Gasteiger partial charge in [0.05, 0.1) is 12.1 Å². The van der Waals surface area contributed by atoms with E-state index in [1.807, 2.05) is 12.1 Å². The van der Waals surface area contributed by atoms with Crippen LogP contribution in [-0.4, -0.2) is 12.4 Å². The van der Waals surface area contributed by atoms with Crippen molar-refractivity contribution in [3.05, 3.63) is 59.5 Å². The van der Waals surface area contributed by atoms with Crippen molar-refractivity contribution in [1.29, 1.82) is 0 Å². The number of hydrogen-bond acceptors (Lipinski definition) is 4. The molecule has 1 aromatic heterocycles. The molecule has 20 heavy (non-hydrogen) atoms. The van der Waals surface area contributed by atoms with Crippen molar-refractivity contribution in [3.63, 3.8) is 0 Å². The van der Waals surface area contributed by atoms with Crippen LogP contribution < -0.4 is 11.1 Å². The summed E-state index contributed by atoms with van der Waals surface area (Å²) in [6, 6.07) is 12.5. The van der Waals surface area contributed by atoms with Gasteiger partial charge < -0.3 is 10.2 Å². The number of furan rings is 1. The van der Waals surface area contributed by atoms with Gasteiger partial charge in [-0.1, -0.05) is 24.3 Å². The first-order valence-electron chi connectivity index (χ1n) is 6.98. The van der Waals surface area contributed by atoms with Crippen molar-refractivity contribution in [2.75, 3.05) is 6.54 Å². The normalized spacial score (nSPS) is 18.8. The molecule has 1 aromatic carbocycles. The third-order valence-corrected chi connectivity index (χ3v) is 3.55. The van der Waals surface area contributed by atoms with Crippen LogP contribution in [0.2, 0.25) is 0 Å². The Hall–Kier alpha value is -2.07. The third-order valence-electron chi connectivity index (χ3n) is 3.55. The van der Waals surface area contributed by atoms with Gasteiger partial charge >= 0.3 is 0 Å². The van der Waals surface area contributed by atoms with E-state index < -0.39 is 0 Å². The smallest absolute Gasteiger partial charge is 0.127 e. The molecule has 1 aliphatic heterocycles. The molecule has 104 valence electrons. The number of aliphatic imine (C=N–C) groups is 1. The molecule has 1 aliphatic rings. The number of nitrogens with zero attached hydrogens (tertiary/aromatic N) is 1. The molecule has 0 saturated carbocycles. The quantitative estimate of drug-likeness (QED) is 0.896. The first kappa shape index (κ1) is 12.9. The lowest BCUT2D eigenvalue weighted by atomic mass is 10.0. The fourth-order valence-corrected chi connectivity index (χ4v) is 2.39. The van der Waals surface area contributed by atoms with Crippen molar-refractivity contribution < 1.29 is 4.42 Å². The highest BCUT2D eigenvalue weighted by Crippen LogP contribution is 2.18. The number of aryl methyl sites for hydroxylation is 2. The Morgan fingerprint density at radius 1 is 1.20 bits per heavy atom. The Balaban J connectivity index is 1.64. The summed E-state index contributed by atoms with van der Waals surface area (Å²) in [5, 5.41) is 3.36. The summed E-state index contributed by atoms with van der Waals surface area (Å²) >= 11 is 0. The Bertz CT molecular complexity index is 572. The molecule has 0 aliphatic carbocycles. The fourth-order valence-electron chi connectivity index (χ4n) is 2.39. The molecule has 0 bridgehead atoms. The molecule has 0 spiro atoms. The maximum absolute atomic E-state index is 5.79. The van der Waals surface area contributed by atoms with Crippen LogP contribution in [0, 0.1) is 0 Å². The third kappa shape index (κ3) is 3.08. The van der Waals surface area contributed by atoms with E-state index in [0.717, 1.165) is 43.0 Å². The predicted molar refractivity (Wildman–Crippen MR) is 79.5 cm³/mol. The zero-order valence-corrected chi connectivity index (χ0v) is 11.4. The zero-order valence-electron chi connectivity index (χ0n) is 11.4. The summed E-state index contributed by atoms with van der Waals surface area (Å²) in [7, 11) is 0. The average molecular weight is 269 g/mol. The van der Waals surface area contributed by atoms with E-state index in [1.165, 1.54) is 5.56 Å². The second kappa shape index (κ2) is 5.92. The molecule has 4 heteroatoms. The number of nitrogens with one attached hydrogen (secondary N) is 1. The Labute approximate surface area is 118 Å². The van der Waals surface area contributed by atoms with Crippen LogP contribution in [0.25, 0.3) is 0 Å². The summed E-state index contributed by atoms with van der Waals surface area (Å²) in [6.45, 7) is 0.889. The van der Waals surface area contributed by atoms with Gasteiger partial charge in [0.15, 0.2) is 0 Å². The van der Waals surface area contributed by atoms with E-state index in [1.54, 1.807) is 6.26 Å². The van der Waals surface area contributed by atoms with E-state index >= 15 is 0 Å². The largest absolute Gasteiger partial charge is 0.469 e. The second-order valence-corrected chi connectivity index (χ2v) is 5.05. The molecule has 0 amide bonds. The van der Waals surface area contributed by atoms with Crippen LogP contribution in [-0.2, 0) is 12.8 Å². The van der Waals surface area contributed by atoms with Gasteiger partial charge in [-0.2, -0.15) is 0 Å². The summed E-state index contributed by atoms with van der Waals surface area (Å²) in [4.78, 5) is 4.44. The minimum atomic E-state index is 0.00266. The molecular weight excluding hydrogens is 250 g/mol. The number of hydrogen-bond donors (Lipinski definition) is 2. The summed E-state index contributed by atoms with van der Waals surface area (Å²) in [5.41, 5.74) is 8.26. The molecule has 0 saturated heterocycles. The summed E-state index contributed by atoms with van der Waals surface area (Å²) in [6.07, 6.45) is 4.46. The first-order valence-corrected chi connectivity index (χ1v) is 6.98. The Kier molecular flexibility index (Phi) is 3.83. The van der Waals surface area contributed by atoms with Crippen molar-refractivity contribution in [2.24, 2.45) is 10.7 Å². The molecule has 1 atom stereocenters. The average Bonchev–Trinajstić information content (AvgIpc) is 2.99. The molecule has 3 N–H and O–H groups in total. The van der Waals surface area contributed by atoms with Gasteiger partial charge in [-0.3, -0.25) is 5.32 Å². The highest BCUT2D eigenvalue weighted by atomic mass is 16.3. The standard InChI is InChI=1S/C16H19N3O/c17-15-9-10-18-16(19-15)13-6-3-12(4-7-13)5-8-14-2-1-11-20-14/h1-4,6-7,11,16,18H,5,8-10H2,(H2,17,19). The van der Waals surface area contributed by atoms with Gasteiger partial charge in [0.1, 0.15) is 11.9 Å². The molecule has 0 fully saturated rings. The summed E-state index contributed by atoms with van der Waals surface area (Å²) < 4.78 is 5.34. The number of benzene rings is 1. The Morgan fingerprint density at radius 3 is 2.75 bits per heavy atom. The Morgan fingerprint density at radius 2 is 2.05 bits per heavy atom. The lowest BCUT2D eigenvalue weighted by molar-refractivity contribution is 0.508. The van der Waals surface area contributed by atoms with Gasteiger partial charge in [-0.15, -0.1) is 0 Å². The van der Waals surface area contributed by atoms with E-state index in [-0.39, 0.29) is 6.17 Å². The monoisotopic (exact) mass is 269 g/mol. The SMILES string of the molecule is NC1=NC(c2ccc(CCc3ccco3)cc2)NCC1. The lowest BCUT2D eigenvalue weighted by Gasteiger charge is -2.20. The molecule has 4 nitrogen and oxygen atoms in total.